The molecule has 1 saturated carbocycles. The van der Waals surface area contributed by atoms with E-state index in [9.17, 15) is 0 Å². The van der Waals surface area contributed by atoms with Crippen molar-refractivity contribution < 1.29 is 0 Å². The quantitative estimate of drug-likeness (QED) is 0.659. The van der Waals surface area contributed by atoms with Gasteiger partial charge >= 0.3 is 0 Å². The molecule has 0 atom stereocenters. The summed E-state index contributed by atoms with van der Waals surface area (Å²) in [5.41, 5.74) is 7.98. The lowest BCUT2D eigenvalue weighted by Crippen LogP contribution is -2.32. The molecule has 2 nitrogen and oxygen atoms in total. The highest BCUT2D eigenvalue weighted by atomic mass is 79.9. The van der Waals surface area contributed by atoms with E-state index in [1.165, 1.54) is 38.5 Å². The van der Waals surface area contributed by atoms with Gasteiger partial charge in [0.05, 0.1) is 0 Å². The molecule has 0 radical (unpaired) electrons. The molecule has 104 valence electrons. The average molecular weight is 341 g/mol. The zero-order chi connectivity index (χ0) is 13.8. The third-order valence-electron chi connectivity index (χ3n) is 3.98. The van der Waals surface area contributed by atoms with Gasteiger partial charge in [-0.05, 0) is 31.0 Å². The fraction of sp³-hybridized carbons (Fsp3) is 0.533. The molecule has 0 unspecified atom stereocenters. The van der Waals surface area contributed by atoms with Gasteiger partial charge in [0.25, 0.3) is 0 Å². The Balaban J connectivity index is 2.28. The van der Waals surface area contributed by atoms with Gasteiger partial charge in [-0.25, -0.2) is 0 Å². The molecule has 1 fully saturated rings. The van der Waals surface area contributed by atoms with Crippen LogP contribution in [0.25, 0.3) is 0 Å². The summed E-state index contributed by atoms with van der Waals surface area (Å²) < 4.78 is 1.07. The predicted molar refractivity (Wildman–Crippen MR) is 89.9 cm³/mol. The van der Waals surface area contributed by atoms with Gasteiger partial charge in [-0.2, -0.15) is 0 Å². The summed E-state index contributed by atoms with van der Waals surface area (Å²) in [5, 5.41) is 0. The number of anilines is 1. The fourth-order valence-corrected chi connectivity index (χ4v) is 3.37. The van der Waals surface area contributed by atoms with Crippen LogP contribution in [0.5, 0.6) is 0 Å². The van der Waals surface area contributed by atoms with Crippen LogP contribution in [0.15, 0.2) is 22.7 Å². The molecule has 19 heavy (non-hydrogen) atoms. The van der Waals surface area contributed by atoms with E-state index in [1.54, 1.807) is 0 Å². The molecule has 0 amide bonds. The van der Waals surface area contributed by atoms with Crippen LogP contribution in [0.2, 0.25) is 0 Å². The summed E-state index contributed by atoms with van der Waals surface area (Å²) in [6, 6.07) is 6.73. The highest BCUT2D eigenvalue weighted by Gasteiger charge is 2.20. The van der Waals surface area contributed by atoms with E-state index in [1.807, 2.05) is 12.1 Å². The Hall–Kier alpha value is -0.610. The van der Waals surface area contributed by atoms with Crippen LogP contribution in [0.1, 0.15) is 44.1 Å². The molecular formula is C15H21BrN2S. The lowest BCUT2D eigenvalue weighted by Gasteiger charge is -2.31. The molecule has 2 rings (SSSR count). The zero-order valence-corrected chi connectivity index (χ0v) is 13.8. The summed E-state index contributed by atoms with van der Waals surface area (Å²) >= 11 is 8.72. The first-order chi connectivity index (χ1) is 9.09. The Morgan fingerprint density at radius 3 is 2.47 bits per heavy atom. The van der Waals surface area contributed by atoms with Gasteiger partial charge in [0, 0.05) is 28.8 Å². The van der Waals surface area contributed by atoms with Gasteiger partial charge in [0.2, 0.25) is 0 Å². The molecule has 2 N–H and O–H groups in total. The number of nitrogens with zero attached hydrogens (tertiary/aromatic N) is 1. The zero-order valence-electron chi connectivity index (χ0n) is 11.4. The average Bonchev–Trinajstić information content (AvgIpc) is 2.66. The van der Waals surface area contributed by atoms with E-state index in [-0.39, 0.29) is 0 Å². The van der Waals surface area contributed by atoms with Gasteiger partial charge in [-0.15, -0.1) is 0 Å². The number of nitrogens with two attached hydrogens (primary N) is 1. The van der Waals surface area contributed by atoms with Crippen molar-refractivity contribution in [2.24, 2.45) is 5.73 Å². The maximum atomic E-state index is 5.85. The van der Waals surface area contributed by atoms with Crippen LogP contribution in [0.4, 0.5) is 5.69 Å². The van der Waals surface area contributed by atoms with Crippen LogP contribution >= 0.6 is 28.1 Å². The highest BCUT2D eigenvalue weighted by molar-refractivity contribution is 9.10. The summed E-state index contributed by atoms with van der Waals surface area (Å²) in [4.78, 5) is 2.84. The van der Waals surface area contributed by atoms with Crippen LogP contribution < -0.4 is 10.6 Å². The van der Waals surface area contributed by atoms with Crippen molar-refractivity contribution in [3.63, 3.8) is 0 Å². The van der Waals surface area contributed by atoms with Crippen LogP contribution in [-0.2, 0) is 0 Å². The van der Waals surface area contributed by atoms with E-state index < -0.39 is 0 Å². The SMILES string of the molecule is CN(c1cc(Br)ccc1C(N)=S)C1CCCCCC1. The highest BCUT2D eigenvalue weighted by Crippen LogP contribution is 2.30. The molecule has 0 aromatic heterocycles. The molecule has 0 aliphatic heterocycles. The molecule has 4 heteroatoms. The lowest BCUT2D eigenvalue weighted by atomic mass is 10.0. The normalized spacial score (nSPS) is 16.9. The van der Waals surface area contributed by atoms with Gasteiger partial charge in [0.15, 0.2) is 0 Å². The summed E-state index contributed by atoms with van der Waals surface area (Å²) in [7, 11) is 2.17. The molecular weight excluding hydrogens is 320 g/mol. The first-order valence-corrected chi connectivity index (χ1v) is 8.12. The Morgan fingerprint density at radius 2 is 1.89 bits per heavy atom. The maximum absolute atomic E-state index is 5.85. The standard InChI is InChI=1S/C15H21BrN2S/c1-18(12-6-4-2-3-5-7-12)14-10-11(16)8-9-13(14)15(17)19/h8-10,12H,2-7H2,1H3,(H2,17,19). The predicted octanol–water partition coefficient (Wildman–Crippen LogP) is 4.24. The fourth-order valence-electron chi connectivity index (χ4n) is 2.85. The Morgan fingerprint density at radius 1 is 1.26 bits per heavy atom. The van der Waals surface area contributed by atoms with Gasteiger partial charge in [-0.3, -0.25) is 0 Å². The maximum Gasteiger partial charge on any atom is 0.106 e. The second kappa shape index (κ2) is 6.71. The molecule has 0 bridgehead atoms. The number of rotatable bonds is 3. The van der Waals surface area contributed by atoms with Crippen LogP contribution in [0.3, 0.4) is 0 Å². The van der Waals surface area contributed by atoms with Crippen molar-refractivity contribution in [1.82, 2.24) is 0 Å². The molecule has 0 saturated heterocycles. The third kappa shape index (κ3) is 3.69. The van der Waals surface area contributed by atoms with Crippen molar-refractivity contribution in [2.75, 3.05) is 11.9 Å². The van der Waals surface area contributed by atoms with Crippen molar-refractivity contribution in [2.45, 2.75) is 44.6 Å². The third-order valence-corrected chi connectivity index (χ3v) is 4.69. The summed E-state index contributed by atoms with van der Waals surface area (Å²) in [6.07, 6.45) is 7.91. The largest absolute Gasteiger partial charge is 0.389 e. The number of thiocarbonyl (C=S) groups is 1. The second-order valence-corrected chi connectivity index (χ2v) is 6.64. The second-order valence-electron chi connectivity index (χ2n) is 5.28. The smallest absolute Gasteiger partial charge is 0.106 e. The first-order valence-electron chi connectivity index (χ1n) is 6.92. The van der Waals surface area contributed by atoms with E-state index in [0.29, 0.717) is 11.0 Å². The van der Waals surface area contributed by atoms with Gasteiger partial charge < -0.3 is 10.6 Å². The molecule has 1 aromatic carbocycles. The van der Waals surface area contributed by atoms with E-state index >= 15 is 0 Å². The van der Waals surface area contributed by atoms with E-state index in [0.717, 1.165) is 15.7 Å². The summed E-state index contributed by atoms with van der Waals surface area (Å²) in [6.45, 7) is 0. The van der Waals surface area contributed by atoms with Crippen molar-refractivity contribution in [1.29, 1.82) is 0 Å². The minimum Gasteiger partial charge on any atom is -0.389 e. The minimum absolute atomic E-state index is 0.475. The van der Waals surface area contributed by atoms with Gasteiger partial charge in [-0.1, -0.05) is 53.8 Å². The van der Waals surface area contributed by atoms with Gasteiger partial charge in [0.1, 0.15) is 4.99 Å². The topological polar surface area (TPSA) is 29.3 Å². The van der Waals surface area contributed by atoms with E-state index in [4.69, 9.17) is 18.0 Å². The molecule has 0 heterocycles. The van der Waals surface area contributed by atoms with E-state index in [2.05, 4.69) is 33.9 Å². The number of halogens is 1. The van der Waals surface area contributed by atoms with Crippen molar-refractivity contribution in [3.8, 4) is 0 Å². The Kier molecular flexibility index (Phi) is 5.22. The Bertz CT molecular complexity index is 453. The van der Waals surface area contributed by atoms with Crippen molar-refractivity contribution >= 4 is 38.8 Å². The van der Waals surface area contributed by atoms with Crippen LogP contribution in [0, 0.1) is 0 Å². The lowest BCUT2D eigenvalue weighted by molar-refractivity contribution is 0.553. The number of hydrogen-bond acceptors (Lipinski definition) is 2. The summed E-state index contributed by atoms with van der Waals surface area (Å²) in [5.74, 6) is 0. The molecule has 1 aliphatic carbocycles. The molecule has 1 aromatic rings. The number of hydrogen-bond donors (Lipinski definition) is 1. The monoisotopic (exact) mass is 340 g/mol. The van der Waals surface area contributed by atoms with Crippen LogP contribution in [-0.4, -0.2) is 18.1 Å². The minimum atomic E-state index is 0.475. The first kappa shape index (κ1) is 14.8. The van der Waals surface area contributed by atoms with Crippen molar-refractivity contribution in [3.05, 3.63) is 28.2 Å². The molecule has 1 aliphatic rings. The molecule has 0 spiro atoms. The Labute approximate surface area is 129 Å². The number of benzene rings is 1.